The maximum Gasteiger partial charge on any atom is 0.409 e. The van der Waals surface area contributed by atoms with Crippen LogP contribution in [0.4, 0.5) is 4.79 Å². The lowest BCUT2D eigenvalue weighted by molar-refractivity contribution is -0.142. The summed E-state index contributed by atoms with van der Waals surface area (Å²) in [6.45, 7) is 7.87. The van der Waals surface area contributed by atoms with Crippen molar-refractivity contribution >= 4 is 34.6 Å². The molecule has 1 fully saturated rings. The fraction of sp³-hybridized carbons (Fsp3) is 0.433. The van der Waals surface area contributed by atoms with Gasteiger partial charge in [0.15, 0.2) is 5.69 Å². The maximum absolute atomic E-state index is 13.8. The zero-order valence-electron chi connectivity index (χ0n) is 23.4. The number of nitrogens with one attached hydrogen (secondary N) is 2. The highest BCUT2D eigenvalue weighted by Crippen LogP contribution is 2.38. The summed E-state index contributed by atoms with van der Waals surface area (Å²) in [4.78, 5) is 56.0. The van der Waals surface area contributed by atoms with Crippen LogP contribution < -0.4 is 5.32 Å². The first-order valence-electron chi connectivity index (χ1n) is 13.7. The van der Waals surface area contributed by atoms with Crippen molar-refractivity contribution in [2.45, 2.75) is 71.6 Å². The lowest BCUT2D eigenvalue weighted by atomic mass is 9.91. The summed E-state index contributed by atoms with van der Waals surface area (Å²) in [5.74, 6) is -2.11. The van der Waals surface area contributed by atoms with E-state index in [1.807, 2.05) is 63.2 Å². The normalized spacial score (nSPS) is 17.8. The van der Waals surface area contributed by atoms with Gasteiger partial charge in [-0.1, -0.05) is 82.1 Å². The Morgan fingerprint density at radius 2 is 1.80 bits per heavy atom. The van der Waals surface area contributed by atoms with Crippen LogP contribution in [0.1, 0.15) is 75.5 Å². The van der Waals surface area contributed by atoms with E-state index in [1.54, 1.807) is 19.1 Å². The minimum absolute atomic E-state index is 0.166. The molecule has 0 spiro atoms. The number of rotatable bonds is 10. The van der Waals surface area contributed by atoms with Crippen molar-refractivity contribution in [3.63, 3.8) is 0 Å². The second-order valence-corrected chi connectivity index (χ2v) is 11.2. The van der Waals surface area contributed by atoms with Crippen LogP contribution in [-0.2, 0) is 9.59 Å². The molecule has 3 amide bonds. The van der Waals surface area contributed by atoms with E-state index in [0.717, 1.165) is 10.5 Å². The zero-order valence-corrected chi connectivity index (χ0v) is 23.4. The highest BCUT2D eigenvalue weighted by molar-refractivity contribution is 6.38. The van der Waals surface area contributed by atoms with E-state index < -0.39 is 47.4 Å². The Labute approximate surface area is 233 Å². The number of unbranched alkanes of at least 4 members (excludes halogenated alkanes) is 1. The molecule has 1 saturated heterocycles. The fourth-order valence-corrected chi connectivity index (χ4v) is 5.46. The largest absolute Gasteiger partial charge is 0.465 e. The molecule has 1 aromatic heterocycles. The molecular weight excluding hydrogens is 510 g/mol. The first-order valence-corrected chi connectivity index (χ1v) is 13.7. The minimum Gasteiger partial charge on any atom is -0.465 e. The van der Waals surface area contributed by atoms with Gasteiger partial charge in [-0.25, -0.2) is 4.79 Å². The molecule has 1 aliphatic heterocycles. The number of hydrogen-bond donors (Lipinski definition) is 3. The van der Waals surface area contributed by atoms with Crippen LogP contribution >= 0.6 is 0 Å². The number of nitrogens with zero attached hydrogens (tertiary/aromatic N) is 3. The number of fused-ring (bicyclic) bond motifs is 1. The van der Waals surface area contributed by atoms with Gasteiger partial charge in [0, 0.05) is 11.9 Å². The molecule has 3 N–H and O–H groups in total. The molecule has 2 aromatic carbocycles. The van der Waals surface area contributed by atoms with Gasteiger partial charge in [-0.3, -0.25) is 24.4 Å². The third kappa shape index (κ3) is 6.00. The average Bonchev–Trinajstić information content (AvgIpc) is 3.50. The van der Waals surface area contributed by atoms with Crippen molar-refractivity contribution in [3.05, 3.63) is 65.9 Å². The van der Waals surface area contributed by atoms with Crippen molar-refractivity contribution in [2.75, 3.05) is 6.54 Å². The maximum atomic E-state index is 13.8. The SMILES string of the molecule is CCCC[C@@H](C(=O)C(=O)NC(C)c1ccccc1)N(C(=O)O)C1CC(C)(C)CN1C(=O)c1n[nH]c2ccccc12. The van der Waals surface area contributed by atoms with Gasteiger partial charge < -0.3 is 15.3 Å². The van der Waals surface area contributed by atoms with Gasteiger partial charge in [0.25, 0.3) is 11.8 Å². The number of amides is 3. The molecule has 2 heterocycles. The number of para-hydroxylation sites is 1. The highest BCUT2D eigenvalue weighted by atomic mass is 16.4. The molecule has 0 saturated carbocycles. The summed E-state index contributed by atoms with van der Waals surface area (Å²) in [6, 6.07) is 14.8. The molecule has 4 rings (SSSR count). The second kappa shape index (κ2) is 11.9. The molecular formula is C30H37N5O5. The molecule has 40 heavy (non-hydrogen) atoms. The number of Topliss-reactive ketones (excluding diaryl/α,β-unsaturated/α-hetero) is 1. The van der Waals surface area contributed by atoms with Gasteiger partial charge in [-0.2, -0.15) is 5.10 Å². The lowest BCUT2D eigenvalue weighted by Gasteiger charge is -2.37. The lowest BCUT2D eigenvalue weighted by Crippen LogP contribution is -2.58. The molecule has 1 aliphatic rings. The molecule has 3 atom stereocenters. The fourth-order valence-electron chi connectivity index (χ4n) is 5.46. The summed E-state index contributed by atoms with van der Waals surface area (Å²) in [5.41, 5.74) is 1.28. The number of ketones is 1. The zero-order chi connectivity index (χ0) is 29.0. The predicted molar refractivity (Wildman–Crippen MR) is 150 cm³/mol. The number of likely N-dealkylation sites (tertiary alicyclic amines) is 1. The van der Waals surface area contributed by atoms with Gasteiger partial charge in [-0.15, -0.1) is 0 Å². The first-order chi connectivity index (χ1) is 19.0. The Kier molecular flexibility index (Phi) is 8.56. The van der Waals surface area contributed by atoms with Gasteiger partial charge in [-0.05, 0) is 36.8 Å². The number of hydrogen-bond acceptors (Lipinski definition) is 5. The summed E-state index contributed by atoms with van der Waals surface area (Å²) in [5, 5.41) is 20.9. The van der Waals surface area contributed by atoms with Crippen LogP contribution in [-0.4, -0.2) is 67.5 Å². The quantitative estimate of drug-likeness (QED) is 0.314. The molecule has 2 unspecified atom stereocenters. The molecule has 10 heteroatoms. The van der Waals surface area contributed by atoms with Crippen LogP contribution in [0.2, 0.25) is 0 Å². The number of carbonyl (C=O) groups is 4. The topological polar surface area (TPSA) is 136 Å². The monoisotopic (exact) mass is 547 g/mol. The van der Waals surface area contributed by atoms with E-state index in [0.29, 0.717) is 30.2 Å². The third-order valence-electron chi connectivity index (χ3n) is 7.51. The van der Waals surface area contributed by atoms with Crippen molar-refractivity contribution in [3.8, 4) is 0 Å². The van der Waals surface area contributed by atoms with Crippen molar-refractivity contribution in [1.82, 2.24) is 25.3 Å². The van der Waals surface area contributed by atoms with Gasteiger partial charge in [0.1, 0.15) is 12.2 Å². The van der Waals surface area contributed by atoms with E-state index in [2.05, 4.69) is 15.5 Å². The Morgan fingerprint density at radius 1 is 1.12 bits per heavy atom. The van der Waals surface area contributed by atoms with Crippen molar-refractivity contribution < 1.29 is 24.3 Å². The summed E-state index contributed by atoms with van der Waals surface area (Å²) in [6.07, 6.45) is -0.580. The number of carbonyl (C=O) groups excluding carboxylic acids is 3. The minimum atomic E-state index is -1.36. The van der Waals surface area contributed by atoms with Crippen molar-refractivity contribution in [1.29, 1.82) is 0 Å². The predicted octanol–water partition coefficient (Wildman–Crippen LogP) is 4.75. The summed E-state index contributed by atoms with van der Waals surface area (Å²) in [7, 11) is 0. The number of carboxylic acid groups (broad SMARTS) is 1. The van der Waals surface area contributed by atoms with E-state index in [4.69, 9.17) is 0 Å². The average molecular weight is 548 g/mol. The van der Waals surface area contributed by atoms with Gasteiger partial charge in [0.2, 0.25) is 5.78 Å². The number of aromatic amines is 1. The van der Waals surface area contributed by atoms with Gasteiger partial charge in [0.05, 0.1) is 11.6 Å². The Bertz CT molecular complexity index is 1390. The van der Waals surface area contributed by atoms with Crippen LogP contribution in [0.5, 0.6) is 0 Å². The van der Waals surface area contributed by atoms with Crippen LogP contribution in [0.15, 0.2) is 54.6 Å². The molecule has 0 radical (unpaired) electrons. The van der Waals surface area contributed by atoms with E-state index >= 15 is 0 Å². The first kappa shape index (κ1) is 28.8. The summed E-state index contributed by atoms with van der Waals surface area (Å²) >= 11 is 0. The number of benzene rings is 2. The van der Waals surface area contributed by atoms with E-state index in [1.165, 1.54) is 4.90 Å². The van der Waals surface area contributed by atoms with Crippen LogP contribution in [0, 0.1) is 5.41 Å². The van der Waals surface area contributed by atoms with Crippen LogP contribution in [0.3, 0.4) is 0 Å². The van der Waals surface area contributed by atoms with Crippen molar-refractivity contribution in [2.24, 2.45) is 5.41 Å². The molecule has 212 valence electrons. The number of aromatic nitrogens is 2. The smallest absolute Gasteiger partial charge is 0.409 e. The standard InChI is InChI=1S/C30H37N5O5/c1-5-6-16-23(26(36)27(37)31-19(2)20-12-8-7-9-13-20)35(29(39)40)24-17-30(3,4)18-34(24)28(38)25-21-14-10-11-15-22(21)32-33-25/h7-15,19,23-24H,5-6,16-18H2,1-4H3,(H,31,37)(H,32,33)(H,39,40)/t19?,23-,24?/m0/s1. The van der Waals surface area contributed by atoms with E-state index in [-0.39, 0.29) is 18.7 Å². The third-order valence-corrected chi connectivity index (χ3v) is 7.51. The Morgan fingerprint density at radius 3 is 2.48 bits per heavy atom. The molecule has 0 aliphatic carbocycles. The second-order valence-electron chi connectivity index (χ2n) is 11.2. The van der Waals surface area contributed by atoms with Gasteiger partial charge >= 0.3 is 6.09 Å². The molecule has 3 aromatic rings. The van der Waals surface area contributed by atoms with Crippen LogP contribution in [0.25, 0.3) is 10.9 Å². The highest BCUT2D eigenvalue weighted by Gasteiger charge is 2.49. The number of H-pyrrole nitrogens is 1. The molecule has 10 nitrogen and oxygen atoms in total. The van der Waals surface area contributed by atoms with E-state index in [9.17, 15) is 24.3 Å². The summed E-state index contributed by atoms with van der Waals surface area (Å²) < 4.78 is 0. The molecule has 0 bridgehead atoms. The Hall–Kier alpha value is -4.21. The Balaban J connectivity index is 1.66.